The van der Waals surface area contributed by atoms with Gasteiger partial charge in [0.15, 0.2) is 0 Å². The highest BCUT2D eigenvalue weighted by Gasteiger charge is 2.54. The predicted octanol–water partition coefficient (Wildman–Crippen LogP) is 2.11. The van der Waals surface area contributed by atoms with E-state index in [1.54, 1.807) is 0 Å². The van der Waals surface area contributed by atoms with Gasteiger partial charge < -0.3 is 14.0 Å². The van der Waals surface area contributed by atoms with Crippen LogP contribution in [0.5, 0.6) is 0 Å². The Morgan fingerprint density at radius 1 is 1.38 bits per heavy atom. The van der Waals surface area contributed by atoms with Crippen LogP contribution in [0.3, 0.4) is 0 Å². The summed E-state index contributed by atoms with van der Waals surface area (Å²) < 4.78 is 38.5. The van der Waals surface area contributed by atoms with Gasteiger partial charge in [0, 0.05) is 5.92 Å². The van der Waals surface area contributed by atoms with Crippen LogP contribution in [-0.2, 0) is 14.0 Å². The van der Waals surface area contributed by atoms with E-state index in [9.17, 15) is 4.79 Å². The third-order valence-corrected chi connectivity index (χ3v) is 5.45. The second-order valence-corrected chi connectivity index (χ2v) is 7.55. The molecule has 1 saturated carbocycles. The van der Waals surface area contributed by atoms with Crippen LogP contribution < -0.4 is 4.78 Å². The molecule has 0 unspecified atom stereocenters. The van der Waals surface area contributed by atoms with Crippen LogP contribution in [0.15, 0.2) is 0 Å². The van der Waals surface area contributed by atoms with E-state index < -0.39 is 31.3 Å². The molecule has 2 fully saturated rings. The SMILES string of the molecule is [2H]C([2H])([2H])OC(=O)c1nc(C2CC2)c(B2OC(C)(C)C(C)(C)O2)s1. The molecule has 0 radical (unpaired) electrons. The summed E-state index contributed by atoms with van der Waals surface area (Å²) in [6, 6.07) is 0. The predicted molar refractivity (Wildman–Crippen MR) is 81.1 cm³/mol. The molecule has 0 bridgehead atoms. The van der Waals surface area contributed by atoms with Crippen molar-refractivity contribution in [2.45, 2.75) is 57.7 Å². The Morgan fingerprint density at radius 3 is 2.52 bits per heavy atom. The van der Waals surface area contributed by atoms with Crippen molar-refractivity contribution in [2.75, 3.05) is 7.04 Å². The third-order valence-electron chi connectivity index (χ3n) is 4.38. The van der Waals surface area contributed by atoms with Gasteiger partial charge in [0.1, 0.15) is 0 Å². The van der Waals surface area contributed by atoms with Crippen molar-refractivity contribution in [1.82, 2.24) is 4.98 Å². The Morgan fingerprint density at radius 2 is 2.00 bits per heavy atom. The first-order valence-corrected chi connectivity index (χ1v) is 7.81. The molecule has 0 aromatic carbocycles. The minimum absolute atomic E-state index is 0.0257. The van der Waals surface area contributed by atoms with Crippen LogP contribution in [0, 0.1) is 0 Å². The molecule has 1 aromatic heterocycles. The van der Waals surface area contributed by atoms with Crippen molar-refractivity contribution in [3.8, 4) is 0 Å². The van der Waals surface area contributed by atoms with Crippen LogP contribution in [0.4, 0.5) is 0 Å². The van der Waals surface area contributed by atoms with Crippen LogP contribution in [0.2, 0.25) is 0 Å². The van der Waals surface area contributed by atoms with Gasteiger partial charge in [-0.2, -0.15) is 0 Å². The van der Waals surface area contributed by atoms with E-state index in [4.69, 9.17) is 13.4 Å². The molecule has 0 N–H and O–H groups in total. The number of nitrogens with zero attached hydrogens (tertiary/aromatic N) is 1. The highest BCUT2D eigenvalue weighted by molar-refractivity contribution is 7.23. The average molecular weight is 312 g/mol. The monoisotopic (exact) mass is 312 g/mol. The van der Waals surface area contributed by atoms with Crippen LogP contribution in [0.1, 0.15) is 66.1 Å². The number of rotatable bonds is 3. The summed E-state index contributed by atoms with van der Waals surface area (Å²) in [6.07, 6.45) is 1.98. The highest BCUT2D eigenvalue weighted by atomic mass is 32.1. The van der Waals surface area contributed by atoms with Crippen molar-refractivity contribution < 1.29 is 23.0 Å². The standard InChI is InChI=1S/C14H20BNO4S/c1-13(2)14(3,4)20-15(19-13)10-9(8-6-7-8)16-11(21-10)12(17)18-5/h8H,6-7H2,1-5H3/i5D3. The summed E-state index contributed by atoms with van der Waals surface area (Å²) in [4.78, 5) is 16.4. The number of hydrogen-bond acceptors (Lipinski definition) is 6. The number of carbonyl (C=O) groups is 1. The number of methoxy groups -OCH3 is 1. The summed E-state index contributed by atoms with van der Waals surface area (Å²) in [5.74, 6) is -0.672. The minimum Gasteiger partial charge on any atom is -0.464 e. The molecule has 1 saturated heterocycles. The Hall–Kier alpha value is -0.915. The second-order valence-electron chi connectivity index (χ2n) is 6.52. The molecule has 1 aliphatic carbocycles. The third kappa shape index (κ3) is 2.51. The van der Waals surface area contributed by atoms with Gasteiger partial charge in [0.2, 0.25) is 5.01 Å². The molecule has 5 nitrogen and oxygen atoms in total. The van der Waals surface area contributed by atoms with Gasteiger partial charge in [0.25, 0.3) is 0 Å². The van der Waals surface area contributed by atoms with Crippen LogP contribution >= 0.6 is 11.3 Å². The molecule has 7 heteroatoms. The lowest BCUT2D eigenvalue weighted by molar-refractivity contribution is 0.00578. The maximum absolute atomic E-state index is 12.0. The van der Waals surface area contributed by atoms with Crippen LogP contribution in [0.25, 0.3) is 0 Å². The fourth-order valence-electron chi connectivity index (χ4n) is 2.24. The van der Waals surface area contributed by atoms with Gasteiger partial charge >= 0.3 is 13.1 Å². The quantitative estimate of drug-likeness (QED) is 0.632. The number of esters is 1. The van der Waals surface area contributed by atoms with Gasteiger partial charge in [-0.1, -0.05) is 0 Å². The van der Waals surface area contributed by atoms with Crippen molar-refractivity contribution in [3.63, 3.8) is 0 Å². The highest BCUT2D eigenvalue weighted by Crippen LogP contribution is 2.42. The average Bonchev–Trinajstić information content (AvgIpc) is 3.08. The normalized spacial score (nSPS) is 26.1. The molecule has 3 rings (SSSR count). The molecule has 114 valence electrons. The van der Waals surface area contributed by atoms with Gasteiger partial charge in [-0.3, -0.25) is 0 Å². The molecule has 0 amide bonds. The lowest BCUT2D eigenvalue weighted by Gasteiger charge is -2.32. The van der Waals surface area contributed by atoms with E-state index >= 15 is 0 Å². The lowest BCUT2D eigenvalue weighted by atomic mass is 9.85. The zero-order valence-corrected chi connectivity index (χ0v) is 13.4. The summed E-state index contributed by atoms with van der Waals surface area (Å²) in [7, 11) is -3.40. The molecular weight excluding hydrogens is 289 g/mol. The number of thiazole rings is 1. The van der Waals surface area contributed by atoms with E-state index in [2.05, 4.69) is 9.72 Å². The number of aromatic nitrogens is 1. The fourth-order valence-corrected chi connectivity index (χ4v) is 3.23. The Kier molecular flexibility index (Phi) is 2.65. The number of hydrogen-bond donors (Lipinski definition) is 0. The van der Waals surface area contributed by atoms with E-state index in [1.165, 1.54) is 0 Å². The van der Waals surface area contributed by atoms with Gasteiger partial charge in [-0.05, 0) is 40.5 Å². The molecule has 0 atom stereocenters. The molecular formula is C14H20BNO4S. The first kappa shape index (κ1) is 11.6. The topological polar surface area (TPSA) is 57.7 Å². The van der Waals surface area contributed by atoms with Gasteiger partial charge in [0.05, 0.1) is 32.8 Å². The lowest BCUT2D eigenvalue weighted by Crippen LogP contribution is -2.41. The van der Waals surface area contributed by atoms with E-state index in [0.717, 1.165) is 34.6 Å². The zero-order valence-electron chi connectivity index (χ0n) is 15.6. The van der Waals surface area contributed by atoms with Crippen molar-refractivity contribution >= 4 is 29.2 Å². The largest absolute Gasteiger partial charge is 0.507 e. The summed E-state index contributed by atoms with van der Waals surface area (Å²) in [5, 5.41) is 0.0257. The maximum atomic E-state index is 12.0. The zero-order chi connectivity index (χ0) is 17.9. The second kappa shape index (κ2) is 4.79. The molecule has 2 aliphatic rings. The summed E-state index contributed by atoms with van der Waals surface area (Å²) >= 11 is 1.09. The maximum Gasteiger partial charge on any atom is 0.507 e. The first-order valence-electron chi connectivity index (χ1n) is 8.49. The Balaban J connectivity index is 1.90. The fraction of sp³-hybridized carbons (Fsp3) is 0.714. The summed E-state index contributed by atoms with van der Waals surface area (Å²) in [5.41, 5.74) is -0.236. The molecule has 1 aromatic rings. The Labute approximate surface area is 133 Å². The van der Waals surface area contributed by atoms with E-state index in [-0.39, 0.29) is 10.9 Å². The van der Waals surface area contributed by atoms with Crippen LogP contribution in [-0.4, -0.2) is 36.3 Å². The number of carbonyl (C=O) groups excluding carboxylic acids is 1. The smallest absolute Gasteiger partial charge is 0.464 e. The van der Waals surface area contributed by atoms with Crippen molar-refractivity contribution in [2.24, 2.45) is 0 Å². The van der Waals surface area contributed by atoms with Crippen molar-refractivity contribution in [3.05, 3.63) is 10.7 Å². The molecule has 1 aliphatic heterocycles. The summed E-state index contributed by atoms with van der Waals surface area (Å²) in [6.45, 7) is 7.81. The molecule has 2 heterocycles. The van der Waals surface area contributed by atoms with Gasteiger partial charge in [-0.25, -0.2) is 9.78 Å². The number of ether oxygens (including phenoxy) is 1. The molecule has 0 spiro atoms. The first-order chi connectivity index (χ1) is 10.9. The van der Waals surface area contributed by atoms with E-state index in [0.29, 0.717) is 0 Å². The van der Waals surface area contributed by atoms with E-state index in [1.807, 2.05) is 27.7 Å². The van der Waals surface area contributed by atoms with Crippen molar-refractivity contribution in [1.29, 1.82) is 0 Å². The Bertz CT molecular complexity index is 653. The minimum atomic E-state index is -2.78. The van der Waals surface area contributed by atoms with Gasteiger partial charge in [-0.15, -0.1) is 11.3 Å². The molecule has 21 heavy (non-hydrogen) atoms.